The van der Waals surface area contributed by atoms with Gasteiger partial charge in [0.15, 0.2) is 5.75 Å². The number of methoxy groups -OCH3 is 1. The Labute approximate surface area is 91.2 Å². The number of nitrogens with two attached hydrogens (primary N) is 1. The molecule has 1 aromatic rings. The van der Waals surface area contributed by atoms with Crippen LogP contribution in [0.15, 0.2) is 17.0 Å². The highest BCUT2D eigenvalue weighted by molar-refractivity contribution is 7.85. The van der Waals surface area contributed by atoms with E-state index in [2.05, 4.69) is 4.74 Å². The lowest BCUT2D eigenvalue weighted by atomic mass is 10.2. The van der Waals surface area contributed by atoms with Crippen molar-refractivity contribution < 1.29 is 27.6 Å². The third-order valence-electron chi connectivity index (χ3n) is 1.82. The van der Waals surface area contributed by atoms with Gasteiger partial charge in [0.1, 0.15) is 5.56 Å². The Morgan fingerprint density at radius 1 is 1.44 bits per heavy atom. The van der Waals surface area contributed by atoms with Gasteiger partial charge < -0.3 is 15.6 Å². The highest BCUT2D eigenvalue weighted by atomic mass is 32.2. The predicted molar refractivity (Wildman–Crippen MR) is 53.7 cm³/mol. The maximum atomic E-state index is 11.2. The van der Waals surface area contributed by atoms with Crippen LogP contribution in [0.1, 0.15) is 10.4 Å². The summed E-state index contributed by atoms with van der Waals surface area (Å²) in [4.78, 5) is 10.6. The number of carbonyl (C=O) groups is 1. The van der Waals surface area contributed by atoms with Crippen LogP contribution >= 0.6 is 0 Å². The molecule has 0 aliphatic rings. The SMILES string of the molecule is COC(=O)c1cc(S(=O)(=O)O)cc(N)c1O. The number of phenolic OH excluding ortho intramolecular Hbond substituents is 1. The first-order valence-electron chi connectivity index (χ1n) is 3.95. The van der Waals surface area contributed by atoms with Crippen molar-refractivity contribution in [2.24, 2.45) is 0 Å². The van der Waals surface area contributed by atoms with Crippen molar-refractivity contribution in [1.82, 2.24) is 0 Å². The number of esters is 1. The number of benzene rings is 1. The van der Waals surface area contributed by atoms with Gasteiger partial charge in [-0.05, 0) is 12.1 Å². The summed E-state index contributed by atoms with van der Waals surface area (Å²) in [5.74, 6) is -1.56. The second-order valence-corrected chi connectivity index (χ2v) is 4.30. The number of aromatic hydroxyl groups is 1. The normalized spacial score (nSPS) is 11.1. The molecule has 1 aromatic carbocycles. The van der Waals surface area contributed by atoms with Crippen LogP contribution in [0.2, 0.25) is 0 Å². The van der Waals surface area contributed by atoms with Gasteiger partial charge in [-0.1, -0.05) is 0 Å². The van der Waals surface area contributed by atoms with E-state index in [0.29, 0.717) is 0 Å². The molecular formula is C8H9NO6S. The smallest absolute Gasteiger partial charge is 0.341 e. The summed E-state index contributed by atoms with van der Waals surface area (Å²) < 4.78 is 34.7. The molecule has 0 aromatic heterocycles. The lowest BCUT2D eigenvalue weighted by Crippen LogP contribution is -2.07. The van der Waals surface area contributed by atoms with E-state index in [-0.39, 0.29) is 5.69 Å². The van der Waals surface area contributed by atoms with Crippen molar-refractivity contribution >= 4 is 21.8 Å². The van der Waals surface area contributed by atoms with Crippen molar-refractivity contribution in [3.63, 3.8) is 0 Å². The van der Waals surface area contributed by atoms with Crippen LogP contribution in [0.5, 0.6) is 5.75 Å². The Morgan fingerprint density at radius 3 is 2.44 bits per heavy atom. The second kappa shape index (κ2) is 3.99. The molecule has 88 valence electrons. The summed E-state index contributed by atoms with van der Waals surface area (Å²) >= 11 is 0. The first-order chi connectivity index (χ1) is 7.27. The zero-order valence-electron chi connectivity index (χ0n) is 8.17. The zero-order chi connectivity index (χ0) is 12.5. The number of ether oxygens (including phenoxy) is 1. The number of phenols is 1. The van der Waals surface area contributed by atoms with Gasteiger partial charge in [0.25, 0.3) is 10.1 Å². The first-order valence-corrected chi connectivity index (χ1v) is 5.39. The average molecular weight is 247 g/mol. The van der Waals surface area contributed by atoms with E-state index in [1.165, 1.54) is 0 Å². The monoisotopic (exact) mass is 247 g/mol. The minimum absolute atomic E-state index is 0.351. The van der Waals surface area contributed by atoms with Crippen LogP contribution in [-0.4, -0.2) is 31.2 Å². The van der Waals surface area contributed by atoms with E-state index >= 15 is 0 Å². The molecule has 1 rings (SSSR count). The Kier molecular flexibility index (Phi) is 3.06. The zero-order valence-corrected chi connectivity index (χ0v) is 8.98. The summed E-state index contributed by atoms with van der Waals surface area (Å²) in [6.45, 7) is 0. The summed E-state index contributed by atoms with van der Waals surface area (Å²) in [7, 11) is -3.45. The van der Waals surface area contributed by atoms with Crippen LogP contribution < -0.4 is 5.73 Å². The van der Waals surface area contributed by atoms with Gasteiger partial charge in [-0.2, -0.15) is 8.42 Å². The molecule has 0 heterocycles. The molecule has 0 aliphatic heterocycles. The van der Waals surface area contributed by atoms with Gasteiger partial charge in [-0.3, -0.25) is 4.55 Å². The molecule has 0 aliphatic carbocycles. The van der Waals surface area contributed by atoms with Crippen LogP contribution in [0, 0.1) is 0 Å². The van der Waals surface area contributed by atoms with E-state index in [0.717, 1.165) is 19.2 Å². The molecule has 0 saturated heterocycles. The summed E-state index contributed by atoms with van der Waals surface area (Å²) in [6, 6.07) is 1.60. The van der Waals surface area contributed by atoms with E-state index in [9.17, 15) is 18.3 Å². The van der Waals surface area contributed by atoms with Gasteiger partial charge in [-0.25, -0.2) is 4.79 Å². The van der Waals surface area contributed by atoms with Crippen molar-refractivity contribution in [1.29, 1.82) is 0 Å². The van der Waals surface area contributed by atoms with Gasteiger partial charge in [-0.15, -0.1) is 0 Å². The fraction of sp³-hybridized carbons (Fsp3) is 0.125. The molecule has 4 N–H and O–H groups in total. The van der Waals surface area contributed by atoms with Gasteiger partial charge >= 0.3 is 5.97 Å². The van der Waals surface area contributed by atoms with Crippen LogP contribution in [0.4, 0.5) is 5.69 Å². The highest BCUT2D eigenvalue weighted by Gasteiger charge is 2.20. The quantitative estimate of drug-likeness (QED) is 0.290. The largest absolute Gasteiger partial charge is 0.505 e. The standard InChI is InChI=1S/C8H9NO6S/c1-15-8(11)5-2-4(16(12,13)14)3-6(9)7(5)10/h2-3,10H,9H2,1H3,(H,12,13,14). The minimum atomic E-state index is -4.51. The number of anilines is 1. The van der Waals surface area contributed by atoms with Crippen LogP contribution in [0.3, 0.4) is 0 Å². The van der Waals surface area contributed by atoms with E-state index in [4.69, 9.17) is 10.3 Å². The maximum absolute atomic E-state index is 11.2. The molecule has 7 nitrogen and oxygen atoms in total. The second-order valence-electron chi connectivity index (χ2n) is 2.88. The van der Waals surface area contributed by atoms with Crippen molar-refractivity contribution in [2.75, 3.05) is 12.8 Å². The maximum Gasteiger partial charge on any atom is 0.341 e. The molecule has 0 radical (unpaired) electrons. The number of rotatable bonds is 2. The van der Waals surface area contributed by atoms with Crippen molar-refractivity contribution in [3.05, 3.63) is 17.7 Å². The van der Waals surface area contributed by atoms with Crippen LogP contribution in [0.25, 0.3) is 0 Å². The topological polar surface area (TPSA) is 127 Å². The predicted octanol–water partition coefficient (Wildman–Crippen LogP) is 0.00770. The van der Waals surface area contributed by atoms with Gasteiger partial charge in [0, 0.05) is 0 Å². The molecule has 0 spiro atoms. The average Bonchev–Trinajstić information content (AvgIpc) is 2.19. The van der Waals surface area contributed by atoms with Gasteiger partial charge in [0.05, 0.1) is 17.7 Å². The lowest BCUT2D eigenvalue weighted by molar-refractivity contribution is 0.0597. The molecule has 0 amide bonds. The number of hydrogen-bond donors (Lipinski definition) is 3. The molecule has 0 fully saturated rings. The van der Waals surface area contributed by atoms with Crippen molar-refractivity contribution in [3.8, 4) is 5.75 Å². The molecule has 0 bridgehead atoms. The first kappa shape index (κ1) is 12.3. The molecule has 0 atom stereocenters. The van der Waals surface area contributed by atoms with Crippen LogP contribution in [-0.2, 0) is 14.9 Å². The number of carbonyl (C=O) groups excluding carboxylic acids is 1. The molecule has 16 heavy (non-hydrogen) atoms. The van der Waals surface area contributed by atoms with Crippen molar-refractivity contribution in [2.45, 2.75) is 4.90 Å². The summed E-state index contributed by atoms with van der Waals surface area (Å²) in [6.07, 6.45) is 0. The number of hydrogen-bond acceptors (Lipinski definition) is 6. The number of nitrogen functional groups attached to an aromatic ring is 1. The Bertz CT molecular complexity index is 536. The molecular weight excluding hydrogens is 238 g/mol. The Morgan fingerprint density at radius 2 is 2.00 bits per heavy atom. The van der Waals surface area contributed by atoms with E-state index in [1.54, 1.807) is 0 Å². The highest BCUT2D eigenvalue weighted by Crippen LogP contribution is 2.29. The summed E-state index contributed by atoms with van der Waals surface area (Å²) in [5, 5.41) is 9.39. The third kappa shape index (κ3) is 2.23. The fourth-order valence-electron chi connectivity index (χ4n) is 1.04. The summed E-state index contributed by atoms with van der Waals surface area (Å²) in [5.41, 5.74) is 4.49. The minimum Gasteiger partial charge on any atom is -0.505 e. The molecule has 0 saturated carbocycles. The Hall–Kier alpha value is -1.80. The molecule has 0 unspecified atom stereocenters. The third-order valence-corrected chi connectivity index (χ3v) is 2.65. The lowest BCUT2D eigenvalue weighted by Gasteiger charge is -2.07. The fourth-order valence-corrected chi connectivity index (χ4v) is 1.59. The van der Waals surface area contributed by atoms with Gasteiger partial charge in [0.2, 0.25) is 0 Å². The Balaban J connectivity index is 3.51. The molecule has 8 heteroatoms. The van der Waals surface area contributed by atoms with E-state index in [1.807, 2.05) is 0 Å². The van der Waals surface area contributed by atoms with E-state index < -0.39 is 32.3 Å².